The van der Waals surface area contributed by atoms with Crippen LogP contribution in [0.4, 0.5) is 5.69 Å². The highest BCUT2D eigenvalue weighted by Gasteiger charge is 2.26. The lowest BCUT2D eigenvalue weighted by atomic mass is 9.94. The van der Waals surface area contributed by atoms with E-state index in [1.54, 1.807) is 0 Å². The second-order valence-electron chi connectivity index (χ2n) is 5.66. The fourth-order valence-corrected chi connectivity index (χ4v) is 2.69. The minimum Gasteiger partial charge on any atom is -0.386 e. The van der Waals surface area contributed by atoms with E-state index < -0.39 is 23.0 Å². The topological polar surface area (TPSA) is 118 Å². The molecule has 0 heterocycles. The fraction of sp³-hybridized carbons (Fsp3) is 0.533. The van der Waals surface area contributed by atoms with Gasteiger partial charge in [0.25, 0.3) is 5.69 Å². The van der Waals surface area contributed by atoms with Crippen LogP contribution in [-0.2, 0) is 4.79 Å². The molecule has 22 heavy (non-hydrogen) atoms. The number of hydrogen-bond acceptors (Lipinski definition) is 5. The van der Waals surface area contributed by atoms with Crippen molar-refractivity contribution in [1.29, 1.82) is 0 Å². The average molecular weight is 307 g/mol. The lowest BCUT2D eigenvalue weighted by Crippen LogP contribution is -2.48. The van der Waals surface area contributed by atoms with Crippen molar-refractivity contribution >= 4 is 11.6 Å². The first kappa shape index (κ1) is 16.4. The number of nitrogens with two attached hydrogens (primary N) is 1. The van der Waals surface area contributed by atoms with E-state index in [2.05, 4.69) is 5.32 Å². The summed E-state index contributed by atoms with van der Waals surface area (Å²) < 4.78 is 0. The molecule has 0 saturated heterocycles. The molecule has 1 aliphatic rings. The Labute approximate surface area is 128 Å². The van der Waals surface area contributed by atoms with Crippen LogP contribution in [0.25, 0.3) is 0 Å². The lowest BCUT2D eigenvalue weighted by Gasteiger charge is -2.26. The van der Waals surface area contributed by atoms with Crippen LogP contribution in [0.2, 0.25) is 0 Å². The van der Waals surface area contributed by atoms with Crippen molar-refractivity contribution in [3.63, 3.8) is 0 Å². The number of benzene rings is 1. The number of amides is 1. The molecular weight excluding hydrogens is 286 g/mol. The van der Waals surface area contributed by atoms with E-state index in [-0.39, 0.29) is 11.7 Å². The van der Waals surface area contributed by atoms with Gasteiger partial charge in [0.15, 0.2) is 0 Å². The smallest absolute Gasteiger partial charge is 0.269 e. The van der Waals surface area contributed by atoms with Crippen molar-refractivity contribution in [3.05, 3.63) is 39.9 Å². The summed E-state index contributed by atoms with van der Waals surface area (Å²) >= 11 is 0. The summed E-state index contributed by atoms with van der Waals surface area (Å²) in [4.78, 5) is 22.2. The SMILES string of the molecule is N[C@@H](C(=O)NC1CCCCC1)[C@@H](O)c1ccc([N+](=O)[O-])cc1. The highest BCUT2D eigenvalue weighted by molar-refractivity contribution is 5.82. The molecule has 1 saturated carbocycles. The molecule has 1 fully saturated rings. The van der Waals surface area contributed by atoms with Crippen LogP contribution in [-0.4, -0.2) is 28.0 Å². The molecule has 4 N–H and O–H groups in total. The predicted molar refractivity (Wildman–Crippen MR) is 81.0 cm³/mol. The van der Waals surface area contributed by atoms with Crippen molar-refractivity contribution in [2.75, 3.05) is 0 Å². The van der Waals surface area contributed by atoms with Gasteiger partial charge in [-0.3, -0.25) is 14.9 Å². The molecule has 0 unspecified atom stereocenters. The molecule has 0 aromatic heterocycles. The number of nitrogens with one attached hydrogen (secondary N) is 1. The van der Waals surface area contributed by atoms with Crippen LogP contribution in [0.1, 0.15) is 43.8 Å². The molecule has 1 aromatic rings. The summed E-state index contributed by atoms with van der Waals surface area (Å²) in [6, 6.07) is 4.42. The van der Waals surface area contributed by atoms with Crippen molar-refractivity contribution in [1.82, 2.24) is 5.32 Å². The number of carbonyl (C=O) groups is 1. The summed E-state index contributed by atoms with van der Waals surface area (Å²) in [6.45, 7) is 0. The fourth-order valence-electron chi connectivity index (χ4n) is 2.69. The summed E-state index contributed by atoms with van der Waals surface area (Å²) in [7, 11) is 0. The number of aliphatic hydroxyl groups is 1. The van der Waals surface area contributed by atoms with Gasteiger partial charge in [-0.1, -0.05) is 19.3 Å². The third-order valence-electron chi connectivity index (χ3n) is 4.04. The molecule has 0 spiro atoms. The first-order valence-corrected chi connectivity index (χ1v) is 7.47. The number of hydrogen-bond donors (Lipinski definition) is 3. The van der Waals surface area contributed by atoms with Gasteiger partial charge in [-0.2, -0.15) is 0 Å². The summed E-state index contributed by atoms with van der Waals surface area (Å²) in [5, 5.41) is 23.6. The van der Waals surface area contributed by atoms with Gasteiger partial charge in [0, 0.05) is 18.2 Å². The Morgan fingerprint density at radius 2 is 1.86 bits per heavy atom. The Morgan fingerprint density at radius 3 is 2.41 bits per heavy atom. The Kier molecular flexibility index (Phi) is 5.46. The van der Waals surface area contributed by atoms with E-state index in [9.17, 15) is 20.0 Å². The maximum absolute atomic E-state index is 12.1. The molecule has 0 aliphatic heterocycles. The number of carbonyl (C=O) groups excluding carboxylic acids is 1. The van der Waals surface area contributed by atoms with Crippen molar-refractivity contribution in [2.24, 2.45) is 5.73 Å². The minimum atomic E-state index is -1.19. The molecule has 7 nitrogen and oxygen atoms in total. The maximum atomic E-state index is 12.1. The molecule has 1 aliphatic carbocycles. The molecule has 0 bridgehead atoms. The zero-order valence-electron chi connectivity index (χ0n) is 12.3. The highest BCUT2D eigenvalue weighted by atomic mass is 16.6. The van der Waals surface area contributed by atoms with Crippen LogP contribution < -0.4 is 11.1 Å². The van der Waals surface area contributed by atoms with Crippen molar-refractivity contribution < 1.29 is 14.8 Å². The third-order valence-corrected chi connectivity index (χ3v) is 4.04. The number of aliphatic hydroxyl groups excluding tert-OH is 1. The Hall–Kier alpha value is -1.99. The van der Waals surface area contributed by atoms with Crippen LogP contribution in [0.3, 0.4) is 0 Å². The second-order valence-corrected chi connectivity index (χ2v) is 5.66. The molecule has 0 radical (unpaired) electrons. The summed E-state index contributed by atoms with van der Waals surface area (Å²) in [6.07, 6.45) is 4.04. The molecule has 1 aromatic carbocycles. The molecule has 1 amide bonds. The van der Waals surface area contributed by atoms with Crippen LogP contribution in [0.15, 0.2) is 24.3 Å². The van der Waals surface area contributed by atoms with Crippen LogP contribution in [0.5, 0.6) is 0 Å². The number of rotatable bonds is 5. The van der Waals surface area contributed by atoms with E-state index in [0.717, 1.165) is 25.7 Å². The first-order valence-electron chi connectivity index (χ1n) is 7.47. The van der Waals surface area contributed by atoms with Gasteiger partial charge in [-0.05, 0) is 30.5 Å². The van der Waals surface area contributed by atoms with Crippen LogP contribution >= 0.6 is 0 Å². The van der Waals surface area contributed by atoms with Crippen molar-refractivity contribution in [2.45, 2.75) is 50.3 Å². The molecular formula is C15H21N3O4. The summed E-state index contributed by atoms with van der Waals surface area (Å²) in [5.41, 5.74) is 6.12. The van der Waals surface area contributed by atoms with Crippen LogP contribution in [0, 0.1) is 10.1 Å². The van der Waals surface area contributed by atoms with Gasteiger partial charge in [-0.25, -0.2) is 0 Å². The standard InChI is InChI=1S/C15H21N3O4/c16-13(15(20)17-11-4-2-1-3-5-11)14(19)10-6-8-12(9-7-10)18(21)22/h6-9,11,13-14,19H,1-5,16H2,(H,17,20)/t13-,14+/m1/s1. The number of nitro groups is 1. The van der Waals surface area contributed by atoms with Gasteiger partial charge in [0.1, 0.15) is 12.1 Å². The molecule has 7 heteroatoms. The molecule has 120 valence electrons. The van der Waals surface area contributed by atoms with Gasteiger partial charge in [0.05, 0.1) is 4.92 Å². The largest absolute Gasteiger partial charge is 0.386 e. The second kappa shape index (κ2) is 7.33. The van der Waals surface area contributed by atoms with E-state index in [1.165, 1.54) is 30.7 Å². The van der Waals surface area contributed by atoms with E-state index >= 15 is 0 Å². The normalized spacial score (nSPS) is 18.5. The van der Waals surface area contributed by atoms with Gasteiger partial charge in [0.2, 0.25) is 5.91 Å². The number of nitrogens with zero attached hydrogens (tertiary/aromatic N) is 1. The minimum absolute atomic E-state index is 0.0730. The zero-order valence-corrected chi connectivity index (χ0v) is 12.3. The average Bonchev–Trinajstić information content (AvgIpc) is 2.54. The maximum Gasteiger partial charge on any atom is 0.269 e. The third kappa shape index (κ3) is 4.02. The Bertz CT molecular complexity index is 526. The monoisotopic (exact) mass is 307 g/mol. The highest BCUT2D eigenvalue weighted by Crippen LogP contribution is 2.21. The van der Waals surface area contributed by atoms with Crippen molar-refractivity contribution in [3.8, 4) is 0 Å². The van der Waals surface area contributed by atoms with Gasteiger partial charge in [-0.15, -0.1) is 0 Å². The van der Waals surface area contributed by atoms with Gasteiger partial charge < -0.3 is 16.2 Å². The number of nitro benzene ring substituents is 1. The summed E-state index contributed by atoms with van der Waals surface area (Å²) in [5.74, 6) is -0.391. The van der Waals surface area contributed by atoms with E-state index in [4.69, 9.17) is 5.73 Å². The Balaban J connectivity index is 1.96. The van der Waals surface area contributed by atoms with E-state index in [0.29, 0.717) is 5.56 Å². The predicted octanol–water partition coefficient (Wildman–Crippen LogP) is 1.40. The first-order chi connectivity index (χ1) is 10.5. The lowest BCUT2D eigenvalue weighted by molar-refractivity contribution is -0.384. The zero-order chi connectivity index (χ0) is 16.1. The number of non-ortho nitro benzene ring substituents is 1. The molecule has 2 atom stereocenters. The molecule has 2 rings (SSSR count). The van der Waals surface area contributed by atoms with Gasteiger partial charge >= 0.3 is 0 Å². The Morgan fingerprint density at radius 1 is 1.27 bits per heavy atom. The van der Waals surface area contributed by atoms with E-state index in [1.807, 2.05) is 0 Å². The quantitative estimate of drug-likeness (QED) is 0.561.